The van der Waals surface area contributed by atoms with Crippen molar-refractivity contribution in [1.82, 2.24) is 10.4 Å². The average Bonchev–Trinajstić information content (AvgIpc) is 2.40. The normalized spacial score (nSPS) is 17.9. The molecule has 2 rings (SSSR count). The van der Waals surface area contributed by atoms with Gasteiger partial charge in [-0.3, -0.25) is 10.2 Å². The second-order valence-corrected chi connectivity index (χ2v) is 4.77. The number of nitrogens with one attached hydrogen (secondary N) is 1. The lowest BCUT2D eigenvalue weighted by molar-refractivity contribution is -0.0222. The van der Waals surface area contributed by atoms with Crippen molar-refractivity contribution in [2.45, 2.75) is 25.7 Å². The van der Waals surface area contributed by atoms with E-state index in [1.807, 2.05) is 5.43 Å². The topological polar surface area (TPSA) is 71.2 Å². The maximum absolute atomic E-state index is 14.3. The summed E-state index contributed by atoms with van der Waals surface area (Å²) in [5, 5.41) is 0. The highest BCUT2D eigenvalue weighted by Crippen LogP contribution is 2.31. The third-order valence-electron chi connectivity index (χ3n) is 3.24. The van der Waals surface area contributed by atoms with Crippen molar-refractivity contribution in [2.75, 3.05) is 18.0 Å². The van der Waals surface area contributed by atoms with Gasteiger partial charge in [-0.25, -0.2) is 24.0 Å². The van der Waals surface area contributed by atoms with Crippen LogP contribution in [0.4, 0.5) is 19.0 Å². The fourth-order valence-electron chi connectivity index (χ4n) is 2.14. The summed E-state index contributed by atoms with van der Waals surface area (Å²) in [5.41, 5.74) is 2.02. The number of aryl methyl sites for hydroxylation is 1. The molecule has 1 aliphatic rings. The van der Waals surface area contributed by atoms with Crippen molar-refractivity contribution in [1.29, 1.82) is 0 Å². The zero-order chi connectivity index (χ0) is 14.9. The maximum atomic E-state index is 14.3. The van der Waals surface area contributed by atoms with E-state index in [1.165, 1.54) is 11.0 Å². The Labute approximate surface area is 113 Å². The monoisotopic (exact) mass is 288 g/mol. The number of pyridine rings is 1. The fraction of sp³-hybridized carbons (Fsp3) is 0.500. The van der Waals surface area contributed by atoms with Gasteiger partial charge in [0, 0.05) is 31.6 Å². The van der Waals surface area contributed by atoms with Gasteiger partial charge in [-0.15, -0.1) is 0 Å². The highest BCUT2D eigenvalue weighted by molar-refractivity contribution is 5.95. The number of nitrogen functional groups attached to an aromatic ring is 1. The molecule has 5 nitrogen and oxygen atoms in total. The Bertz CT molecular complexity index is 526. The van der Waals surface area contributed by atoms with Crippen LogP contribution in [0, 0.1) is 12.7 Å². The SMILES string of the molecule is Cc1cc(C(=O)NN)c(F)c(N2CCC(F)(F)CC2)n1. The zero-order valence-electron chi connectivity index (χ0n) is 10.9. The Hall–Kier alpha value is -1.83. The van der Waals surface area contributed by atoms with E-state index in [9.17, 15) is 18.0 Å². The molecule has 110 valence electrons. The molecule has 1 fully saturated rings. The van der Waals surface area contributed by atoms with Gasteiger partial charge in [-0.1, -0.05) is 0 Å². The van der Waals surface area contributed by atoms with Gasteiger partial charge < -0.3 is 4.90 Å². The minimum atomic E-state index is -2.73. The molecule has 1 aromatic heterocycles. The molecule has 1 aromatic rings. The number of aromatic nitrogens is 1. The molecular formula is C12H15F3N4O. The first kappa shape index (κ1) is 14.6. The van der Waals surface area contributed by atoms with Gasteiger partial charge in [0.2, 0.25) is 0 Å². The summed E-state index contributed by atoms with van der Waals surface area (Å²) in [6, 6.07) is 1.26. The Balaban J connectivity index is 2.33. The van der Waals surface area contributed by atoms with Crippen LogP contribution >= 0.6 is 0 Å². The van der Waals surface area contributed by atoms with Crippen molar-refractivity contribution in [3.8, 4) is 0 Å². The molecule has 1 saturated heterocycles. The summed E-state index contributed by atoms with van der Waals surface area (Å²) in [5.74, 6) is 0.551. The van der Waals surface area contributed by atoms with Gasteiger partial charge in [0.05, 0.1) is 5.56 Å². The van der Waals surface area contributed by atoms with Crippen LogP contribution in [0.3, 0.4) is 0 Å². The van der Waals surface area contributed by atoms with Crippen LogP contribution in [0.2, 0.25) is 0 Å². The molecule has 0 radical (unpaired) electrons. The summed E-state index contributed by atoms with van der Waals surface area (Å²) in [7, 11) is 0. The first-order valence-corrected chi connectivity index (χ1v) is 6.15. The number of anilines is 1. The number of rotatable bonds is 2. The molecule has 0 bridgehead atoms. The Morgan fingerprint density at radius 3 is 2.60 bits per heavy atom. The first-order chi connectivity index (χ1) is 9.34. The number of carbonyl (C=O) groups excluding carboxylic acids is 1. The van der Waals surface area contributed by atoms with Crippen LogP contribution in [0.25, 0.3) is 0 Å². The number of halogens is 3. The minimum Gasteiger partial charge on any atom is -0.354 e. The number of nitrogens with zero attached hydrogens (tertiary/aromatic N) is 2. The van der Waals surface area contributed by atoms with Crippen LogP contribution < -0.4 is 16.2 Å². The molecule has 0 atom stereocenters. The first-order valence-electron chi connectivity index (χ1n) is 6.15. The number of piperidine rings is 1. The molecule has 2 heterocycles. The van der Waals surface area contributed by atoms with Crippen LogP contribution in [0.1, 0.15) is 28.9 Å². The van der Waals surface area contributed by atoms with Gasteiger partial charge in [0.15, 0.2) is 11.6 Å². The van der Waals surface area contributed by atoms with E-state index >= 15 is 0 Å². The molecule has 0 unspecified atom stereocenters. The number of carbonyl (C=O) groups is 1. The molecule has 0 aliphatic carbocycles. The van der Waals surface area contributed by atoms with Crippen LogP contribution in [-0.4, -0.2) is 29.9 Å². The van der Waals surface area contributed by atoms with Crippen molar-refractivity contribution < 1.29 is 18.0 Å². The summed E-state index contributed by atoms with van der Waals surface area (Å²) in [6.45, 7) is 1.57. The van der Waals surface area contributed by atoms with Gasteiger partial charge in [0.1, 0.15) is 0 Å². The standard InChI is InChI=1S/C12H15F3N4O/c1-7-6-8(11(20)18-16)9(13)10(17-7)19-4-2-12(14,15)3-5-19/h6H,2-5,16H2,1H3,(H,18,20). The van der Waals surface area contributed by atoms with Gasteiger partial charge in [0.25, 0.3) is 11.8 Å². The van der Waals surface area contributed by atoms with Crippen LogP contribution in [-0.2, 0) is 0 Å². The van der Waals surface area contributed by atoms with Crippen molar-refractivity contribution in [3.63, 3.8) is 0 Å². The van der Waals surface area contributed by atoms with Crippen LogP contribution in [0.15, 0.2) is 6.07 Å². The van der Waals surface area contributed by atoms with E-state index < -0.39 is 17.6 Å². The van der Waals surface area contributed by atoms with Gasteiger partial charge in [-0.05, 0) is 13.0 Å². The van der Waals surface area contributed by atoms with Crippen molar-refractivity contribution in [2.24, 2.45) is 5.84 Å². The predicted octanol–water partition coefficient (Wildman–Crippen LogP) is 1.37. The smallest absolute Gasteiger partial charge is 0.268 e. The van der Waals surface area contributed by atoms with Crippen molar-refractivity contribution >= 4 is 11.7 Å². The Morgan fingerprint density at radius 2 is 2.05 bits per heavy atom. The molecule has 8 heteroatoms. The summed E-state index contributed by atoms with van der Waals surface area (Å²) >= 11 is 0. The summed E-state index contributed by atoms with van der Waals surface area (Å²) in [4.78, 5) is 16.9. The highest BCUT2D eigenvalue weighted by atomic mass is 19.3. The molecule has 0 saturated carbocycles. The highest BCUT2D eigenvalue weighted by Gasteiger charge is 2.35. The van der Waals surface area contributed by atoms with E-state index in [4.69, 9.17) is 5.84 Å². The Kier molecular flexibility index (Phi) is 3.85. The lowest BCUT2D eigenvalue weighted by Crippen LogP contribution is -2.40. The van der Waals surface area contributed by atoms with Gasteiger partial charge in [-0.2, -0.15) is 0 Å². The number of nitrogens with two attached hydrogens (primary N) is 1. The van der Waals surface area contributed by atoms with Gasteiger partial charge >= 0.3 is 0 Å². The molecule has 20 heavy (non-hydrogen) atoms. The zero-order valence-corrected chi connectivity index (χ0v) is 10.9. The quantitative estimate of drug-likeness (QED) is 0.490. The molecule has 0 aromatic carbocycles. The second kappa shape index (κ2) is 5.28. The van der Waals surface area contributed by atoms with Crippen molar-refractivity contribution in [3.05, 3.63) is 23.1 Å². The molecular weight excluding hydrogens is 273 g/mol. The summed E-state index contributed by atoms with van der Waals surface area (Å²) < 4.78 is 40.5. The number of hydrogen-bond donors (Lipinski definition) is 2. The largest absolute Gasteiger partial charge is 0.354 e. The van der Waals surface area contributed by atoms with E-state index in [0.717, 1.165) is 0 Å². The number of hydrogen-bond acceptors (Lipinski definition) is 4. The minimum absolute atomic E-state index is 0.00986. The number of amides is 1. The van der Waals surface area contributed by atoms with Crippen LogP contribution in [0.5, 0.6) is 0 Å². The summed E-state index contributed by atoms with van der Waals surface area (Å²) in [6.07, 6.45) is -0.721. The fourth-order valence-corrected chi connectivity index (χ4v) is 2.14. The lowest BCUT2D eigenvalue weighted by atomic mass is 10.1. The lowest BCUT2D eigenvalue weighted by Gasteiger charge is -2.33. The predicted molar refractivity (Wildman–Crippen MR) is 67.0 cm³/mol. The average molecular weight is 288 g/mol. The molecule has 3 N–H and O–H groups in total. The maximum Gasteiger partial charge on any atom is 0.268 e. The molecule has 1 aliphatic heterocycles. The van der Waals surface area contributed by atoms with E-state index in [1.54, 1.807) is 6.92 Å². The molecule has 0 spiro atoms. The molecule has 1 amide bonds. The number of hydrazine groups is 1. The Morgan fingerprint density at radius 1 is 1.45 bits per heavy atom. The van der Waals surface area contributed by atoms with E-state index in [-0.39, 0.29) is 37.3 Å². The third-order valence-corrected chi connectivity index (χ3v) is 3.24. The second-order valence-electron chi connectivity index (χ2n) is 4.77. The van der Waals surface area contributed by atoms with E-state index in [2.05, 4.69) is 4.98 Å². The van der Waals surface area contributed by atoms with E-state index in [0.29, 0.717) is 5.69 Å². The third kappa shape index (κ3) is 2.84. The number of alkyl halides is 2.